The third kappa shape index (κ3) is 5.27. The predicted octanol–water partition coefficient (Wildman–Crippen LogP) is 3.86. The van der Waals surface area contributed by atoms with Crippen molar-refractivity contribution in [1.82, 2.24) is 5.32 Å². The highest BCUT2D eigenvalue weighted by molar-refractivity contribution is 6.30. The number of esters is 2. The lowest BCUT2D eigenvalue weighted by molar-refractivity contribution is -0.124. The van der Waals surface area contributed by atoms with E-state index in [0.717, 1.165) is 5.56 Å². The molecule has 1 aromatic heterocycles. The molecule has 7 nitrogen and oxygen atoms in total. The molecule has 8 heteroatoms. The summed E-state index contributed by atoms with van der Waals surface area (Å²) in [5, 5.41) is 3.23. The molecule has 1 N–H and O–H groups in total. The topological polar surface area (TPSA) is 94.8 Å². The molecule has 0 fully saturated rings. The Morgan fingerprint density at radius 2 is 1.60 bits per heavy atom. The fraction of sp³-hybridized carbons (Fsp3) is 0.136. The van der Waals surface area contributed by atoms with E-state index in [1.165, 1.54) is 19.2 Å². The number of amides is 1. The molecule has 2 aromatic carbocycles. The Morgan fingerprint density at radius 3 is 2.27 bits per heavy atom. The Bertz CT molecular complexity index is 1060. The molecule has 0 aliphatic rings. The van der Waals surface area contributed by atoms with Crippen LogP contribution in [0.1, 0.15) is 26.5 Å². The van der Waals surface area contributed by atoms with Gasteiger partial charge < -0.3 is 19.2 Å². The molecule has 0 saturated carbocycles. The average Bonchev–Trinajstić information content (AvgIpc) is 3.25. The van der Waals surface area contributed by atoms with Crippen LogP contribution >= 0.6 is 11.6 Å². The van der Waals surface area contributed by atoms with E-state index in [4.69, 9.17) is 20.8 Å². The lowest BCUT2D eigenvalue weighted by Crippen LogP contribution is -2.28. The van der Waals surface area contributed by atoms with Crippen molar-refractivity contribution in [2.24, 2.45) is 0 Å². The molecule has 0 radical (unpaired) electrons. The maximum atomic E-state index is 12.2. The van der Waals surface area contributed by atoms with E-state index < -0.39 is 24.5 Å². The Balaban J connectivity index is 1.52. The van der Waals surface area contributed by atoms with E-state index in [9.17, 15) is 14.4 Å². The van der Waals surface area contributed by atoms with Crippen molar-refractivity contribution in [3.63, 3.8) is 0 Å². The van der Waals surface area contributed by atoms with Gasteiger partial charge in [0.2, 0.25) is 0 Å². The van der Waals surface area contributed by atoms with Gasteiger partial charge >= 0.3 is 11.9 Å². The van der Waals surface area contributed by atoms with Crippen LogP contribution in [0.5, 0.6) is 0 Å². The largest absolute Gasteiger partial charge is 0.465 e. The fourth-order valence-corrected chi connectivity index (χ4v) is 2.76. The second kappa shape index (κ2) is 9.76. The van der Waals surface area contributed by atoms with Crippen molar-refractivity contribution < 1.29 is 28.3 Å². The zero-order valence-corrected chi connectivity index (χ0v) is 16.8. The fourth-order valence-electron chi connectivity index (χ4n) is 2.64. The minimum Gasteiger partial charge on any atom is -0.465 e. The SMILES string of the molecule is COC(=O)c1ccccc1C(=O)OCC(=O)NCc1ccc(-c2ccc(Cl)cc2)o1. The number of ether oxygens (including phenoxy) is 2. The van der Waals surface area contributed by atoms with Gasteiger partial charge in [-0.25, -0.2) is 9.59 Å². The summed E-state index contributed by atoms with van der Waals surface area (Å²) >= 11 is 5.87. The highest BCUT2D eigenvalue weighted by Gasteiger charge is 2.19. The number of hydrogen-bond acceptors (Lipinski definition) is 6. The molecule has 0 bridgehead atoms. The molecule has 1 heterocycles. The van der Waals surface area contributed by atoms with E-state index >= 15 is 0 Å². The zero-order valence-electron chi connectivity index (χ0n) is 16.0. The molecule has 0 unspecified atom stereocenters. The second-order valence-electron chi connectivity index (χ2n) is 6.16. The lowest BCUT2D eigenvalue weighted by atomic mass is 10.1. The van der Waals surface area contributed by atoms with Crippen LogP contribution in [0.15, 0.2) is 65.1 Å². The molecule has 0 atom stereocenters. The molecule has 30 heavy (non-hydrogen) atoms. The van der Waals surface area contributed by atoms with Gasteiger partial charge in [-0.15, -0.1) is 0 Å². The highest BCUT2D eigenvalue weighted by atomic mass is 35.5. The molecule has 3 aromatic rings. The maximum Gasteiger partial charge on any atom is 0.339 e. The summed E-state index contributed by atoms with van der Waals surface area (Å²) in [6.45, 7) is -0.373. The number of hydrogen-bond donors (Lipinski definition) is 1. The van der Waals surface area contributed by atoms with E-state index in [1.54, 1.807) is 36.4 Å². The molecular formula is C22H18ClNO6. The number of furan rings is 1. The first kappa shape index (κ1) is 21.1. The van der Waals surface area contributed by atoms with Crippen LogP contribution in [0.4, 0.5) is 0 Å². The summed E-state index contributed by atoms with van der Waals surface area (Å²) in [6.07, 6.45) is 0. The van der Waals surface area contributed by atoms with E-state index in [1.807, 2.05) is 12.1 Å². The molecule has 0 saturated heterocycles. The number of nitrogens with one attached hydrogen (secondary N) is 1. The summed E-state index contributed by atoms with van der Waals surface area (Å²) in [4.78, 5) is 35.9. The number of carbonyl (C=O) groups is 3. The third-order valence-corrected chi connectivity index (χ3v) is 4.39. The summed E-state index contributed by atoms with van der Waals surface area (Å²) in [5.41, 5.74) is 0.946. The van der Waals surface area contributed by atoms with Crippen molar-refractivity contribution >= 4 is 29.4 Å². The number of rotatable bonds is 7. The minimum atomic E-state index is -0.797. The molecule has 0 aliphatic carbocycles. The van der Waals surface area contributed by atoms with E-state index in [0.29, 0.717) is 16.5 Å². The van der Waals surface area contributed by atoms with Crippen molar-refractivity contribution in [2.45, 2.75) is 6.54 Å². The first-order chi connectivity index (χ1) is 14.5. The predicted molar refractivity (Wildman–Crippen MR) is 109 cm³/mol. The van der Waals surface area contributed by atoms with Crippen molar-refractivity contribution in [1.29, 1.82) is 0 Å². The normalized spacial score (nSPS) is 10.3. The molecule has 3 rings (SSSR count). The van der Waals surface area contributed by atoms with E-state index in [-0.39, 0.29) is 17.7 Å². The van der Waals surface area contributed by atoms with Gasteiger partial charge in [-0.05, 0) is 48.5 Å². The van der Waals surface area contributed by atoms with Crippen LogP contribution in [0.2, 0.25) is 5.02 Å². The Morgan fingerprint density at radius 1 is 0.933 bits per heavy atom. The molecule has 154 valence electrons. The first-order valence-electron chi connectivity index (χ1n) is 8.93. The van der Waals surface area contributed by atoms with Gasteiger partial charge in [0.1, 0.15) is 11.5 Å². The summed E-state index contributed by atoms with van der Waals surface area (Å²) in [7, 11) is 1.21. The molecule has 0 spiro atoms. The molecular weight excluding hydrogens is 410 g/mol. The first-order valence-corrected chi connectivity index (χ1v) is 9.31. The Kier molecular flexibility index (Phi) is 6.87. The smallest absolute Gasteiger partial charge is 0.339 e. The van der Waals surface area contributed by atoms with E-state index in [2.05, 4.69) is 10.1 Å². The van der Waals surface area contributed by atoms with Crippen LogP contribution in [0.25, 0.3) is 11.3 Å². The highest BCUT2D eigenvalue weighted by Crippen LogP contribution is 2.23. The van der Waals surface area contributed by atoms with Crippen LogP contribution in [-0.2, 0) is 20.8 Å². The molecule has 0 aliphatic heterocycles. The number of carbonyl (C=O) groups excluding carboxylic acids is 3. The van der Waals surface area contributed by atoms with Gasteiger partial charge in [-0.1, -0.05) is 23.7 Å². The summed E-state index contributed by atoms with van der Waals surface area (Å²) < 4.78 is 15.3. The summed E-state index contributed by atoms with van der Waals surface area (Å²) in [6, 6.07) is 16.7. The van der Waals surface area contributed by atoms with Crippen molar-refractivity contribution in [2.75, 3.05) is 13.7 Å². The Labute approximate surface area is 177 Å². The van der Waals surface area contributed by atoms with Crippen LogP contribution < -0.4 is 5.32 Å². The van der Waals surface area contributed by atoms with Gasteiger partial charge in [-0.3, -0.25) is 4.79 Å². The second-order valence-corrected chi connectivity index (χ2v) is 6.60. The quantitative estimate of drug-likeness (QED) is 0.575. The van der Waals surface area contributed by atoms with Crippen molar-refractivity contribution in [3.8, 4) is 11.3 Å². The van der Waals surface area contributed by atoms with Crippen LogP contribution in [-0.4, -0.2) is 31.6 Å². The van der Waals surface area contributed by atoms with Crippen molar-refractivity contribution in [3.05, 3.63) is 82.6 Å². The van der Waals surface area contributed by atoms with Gasteiger partial charge in [0, 0.05) is 10.6 Å². The van der Waals surface area contributed by atoms with Crippen LogP contribution in [0, 0.1) is 0 Å². The van der Waals surface area contributed by atoms with Gasteiger partial charge in [0.15, 0.2) is 6.61 Å². The number of benzene rings is 2. The third-order valence-electron chi connectivity index (χ3n) is 4.14. The number of methoxy groups -OCH3 is 1. The standard InChI is InChI=1S/C22H18ClNO6/c1-28-21(26)17-4-2-3-5-18(17)22(27)29-13-20(25)24-12-16-10-11-19(30-16)14-6-8-15(23)9-7-14/h2-11H,12-13H2,1H3,(H,24,25). The minimum absolute atomic E-state index is 0.0239. The van der Waals surface area contributed by atoms with Crippen LogP contribution in [0.3, 0.4) is 0 Å². The van der Waals surface area contributed by atoms with Gasteiger partial charge in [-0.2, -0.15) is 0 Å². The zero-order chi connectivity index (χ0) is 21.5. The van der Waals surface area contributed by atoms with Gasteiger partial charge in [0.05, 0.1) is 24.8 Å². The Hall–Kier alpha value is -3.58. The molecule has 1 amide bonds. The lowest BCUT2D eigenvalue weighted by Gasteiger charge is -2.08. The van der Waals surface area contributed by atoms with Gasteiger partial charge in [0.25, 0.3) is 5.91 Å². The maximum absolute atomic E-state index is 12.2. The number of halogens is 1. The average molecular weight is 428 g/mol. The monoisotopic (exact) mass is 427 g/mol. The summed E-state index contributed by atoms with van der Waals surface area (Å²) in [5.74, 6) is -0.795.